The molecule has 0 aliphatic carbocycles. The summed E-state index contributed by atoms with van der Waals surface area (Å²) in [5.41, 5.74) is 0. The first-order valence-corrected chi connectivity index (χ1v) is 5.20. The standard InChI is InChI=1S/C11H16N2O2/c1-3-5-9(4-2)13-11(15)8-6-10(14)12-7-8/h2,8-9H,3,5-7H2,1H3,(H,12,14)(H,13,15). The largest absolute Gasteiger partial charge is 0.355 e. The third kappa shape index (κ3) is 3.28. The van der Waals surface area contributed by atoms with Gasteiger partial charge in [-0.1, -0.05) is 19.3 Å². The second kappa shape index (κ2) is 5.40. The van der Waals surface area contributed by atoms with Crippen LogP contribution in [0.2, 0.25) is 0 Å². The molecule has 0 aromatic rings. The van der Waals surface area contributed by atoms with Gasteiger partial charge < -0.3 is 10.6 Å². The fraction of sp³-hybridized carbons (Fsp3) is 0.636. The van der Waals surface area contributed by atoms with Crippen LogP contribution in [0, 0.1) is 18.3 Å². The van der Waals surface area contributed by atoms with Crippen molar-refractivity contribution in [2.45, 2.75) is 32.2 Å². The smallest absolute Gasteiger partial charge is 0.226 e. The molecule has 1 heterocycles. The number of nitrogens with one attached hydrogen (secondary N) is 2. The summed E-state index contributed by atoms with van der Waals surface area (Å²) >= 11 is 0. The molecule has 0 aromatic carbocycles. The van der Waals surface area contributed by atoms with Crippen LogP contribution in [0.5, 0.6) is 0 Å². The lowest BCUT2D eigenvalue weighted by molar-refractivity contribution is -0.126. The van der Waals surface area contributed by atoms with Crippen LogP contribution in [0.4, 0.5) is 0 Å². The lowest BCUT2D eigenvalue weighted by Crippen LogP contribution is -2.38. The molecule has 4 nitrogen and oxygen atoms in total. The second-order valence-electron chi connectivity index (χ2n) is 3.72. The first-order valence-electron chi connectivity index (χ1n) is 5.20. The summed E-state index contributed by atoms with van der Waals surface area (Å²) in [6.07, 6.45) is 7.26. The molecule has 4 heteroatoms. The van der Waals surface area contributed by atoms with Gasteiger partial charge in [0.05, 0.1) is 12.0 Å². The summed E-state index contributed by atoms with van der Waals surface area (Å²) in [5.74, 6) is 2.08. The molecular weight excluding hydrogens is 192 g/mol. The number of amides is 2. The average molecular weight is 208 g/mol. The van der Waals surface area contributed by atoms with Gasteiger partial charge in [0.15, 0.2) is 0 Å². The van der Waals surface area contributed by atoms with Crippen LogP contribution in [0.1, 0.15) is 26.2 Å². The van der Waals surface area contributed by atoms with Crippen molar-refractivity contribution in [1.29, 1.82) is 0 Å². The molecule has 1 rings (SSSR count). The van der Waals surface area contributed by atoms with Crippen LogP contribution in [0.15, 0.2) is 0 Å². The predicted octanol–water partition coefficient (Wildman–Crippen LogP) is 0.0406. The zero-order chi connectivity index (χ0) is 11.3. The Bertz CT molecular complexity index is 293. The van der Waals surface area contributed by atoms with E-state index in [1.165, 1.54) is 0 Å². The van der Waals surface area contributed by atoms with Crippen molar-refractivity contribution in [3.8, 4) is 12.3 Å². The Balaban J connectivity index is 2.41. The van der Waals surface area contributed by atoms with E-state index in [1.807, 2.05) is 6.92 Å². The van der Waals surface area contributed by atoms with Gasteiger partial charge in [-0.25, -0.2) is 0 Å². The van der Waals surface area contributed by atoms with E-state index < -0.39 is 0 Å². The average Bonchev–Trinajstić information content (AvgIpc) is 2.64. The van der Waals surface area contributed by atoms with Gasteiger partial charge in [-0.15, -0.1) is 6.42 Å². The Morgan fingerprint density at radius 1 is 1.80 bits per heavy atom. The van der Waals surface area contributed by atoms with Crippen molar-refractivity contribution >= 4 is 11.8 Å². The van der Waals surface area contributed by atoms with Crippen molar-refractivity contribution in [3.63, 3.8) is 0 Å². The Kier molecular flexibility index (Phi) is 4.17. The third-order valence-electron chi connectivity index (χ3n) is 2.44. The van der Waals surface area contributed by atoms with Crippen molar-refractivity contribution in [3.05, 3.63) is 0 Å². The summed E-state index contributed by atoms with van der Waals surface area (Å²) in [4.78, 5) is 22.5. The minimum absolute atomic E-state index is 0.0668. The van der Waals surface area contributed by atoms with Gasteiger partial charge in [-0.3, -0.25) is 9.59 Å². The van der Waals surface area contributed by atoms with E-state index in [9.17, 15) is 9.59 Å². The Labute approximate surface area is 89.8 Å². The third-order valence-corrected chi connectivity index (χ3v) is 2.44. The number of hydrogen-bond donors (Lipinski definition) is 2. The lowest BCUT2D eigenvalue weighted by Gasteiger charge is -2.14. The summed E-state index contributed by atoms with van der Waals surface area (Å²) in [6.45, 7) is 2.44. The highest BCUT2D eigenvalue weighted by Crippen LogP contribution is 2.09. The van der Waals surface area contributed by atoms with Gasteiger partial charge in [0.1, 0.15) is 0 Å². The normalized spacial score (nSPS) is 21.6. The molecule has 1 aliphatic heterocycles. The summed E-state index contributed by atoms with van der Waals surface area (Å²) in [6, 6.07) is -0.210. The quantitative estimate of drug-likeness (QED) is 0.641. The predicted molar refractivity (Wildman–Crippen MR) is 56.8 cm³/mol. The maximum absolute atomic E-state index is 11.6. The number of carbonyl (C=O) groups excluding carboxylic acids is 2. The molecule has 1 saturated heterocycles. The van der Waals surface area contributed by atoms with Gasteiger partial charge in [0.25, 0.3) is 0 Å². The summed E-state index contributed by atoms with van der Waals surface area (Å²) < 4.78 is 0. The van der Waals surface area contributed by atoms with Crippen LogP contribution >= 0.6 is 0 Å². The van der Waals surface area contributed by atoms with E-state index in [2.05, 4.69) is 16.6 Å². The lowest BCUT2D eigenvalue weighted by atomic mass is 10.1. The van der Waals surface area contributed by atoms with E-state index in [-0.39, 0.29) is 30.2 Å². The van der Waals surface area contributed by atoms with Crippen molar-refractivity contribution in [2.24, 2.45) is 5.92 Å². The zero-order valence-corrected chi connectivity index (χ0v) is 8.88. The number of terminal acetylenes is 1. The molecule has 0 spiro atoms. The molecule has 15 heavy (non-hydrogen) atoms. The molecule has 2 atom stereocenters. The number of rotatable bonds is 4. The van der Waals surface area contributed by atoms with Gasteiger partial charge in [0, 0.05) is 13.0 Å². The van der Waals surface area contributed by atoms with E-state index in [0.29, 0.717) is 6.54 Å². The second-order valence-corrected chi connectivity index (χ2v) is 3.72. The van der Waals surface area contributed by atoms with Gasteiger partial charge in [0.2, 0.25) is 11.8 Å². The molecule has 1 aliphatic rings. The van der Waals surface area contributed by atoms with E-state index in [4.69, 9.17) is 6.42 Å². The van der Waals surface area contributed by atoms with E-state index in [0.717, 1.165) is 12.8 Å². The Hall–Kier alpha value is -1.50. The summed E-state index contributed by atoms with van der Waals surface area (Å²) in [7, 11) is 0. The molecule has 2 unspecified atom stereocenters. The minimum Gasteiger partial charge on any atom is -0.355 e. The molecule has 0 saturated carbocycles. The first kappa shape index (κ1) is 11.6. The van der Waals surface area contributed by atoms with Crippen molar-refractivity contribution in [1.82, 2.24) is 10.6 Å². The Morgan fingerprint density at radius 3 is 3.00 bits per heavy atom. The fourth-order valence-electron chi connectivity index (χ4n) is 1.57. The molecular formula is C11H16N2O2. The molecule has 0 bridgehead atoms. The van der Waals surface area contributed by atoms with Crippen LogP contribution in [0.3, 0.4) is 0 Å². The van der Waals surface area contributed by atoms with Crippen molar-refractivity contribution < 1.29 is 9.59 Å². The van der Waals surface area contributed by atoms with Gasteiger partial charge in [-0.2, -0.15) is 0 Å². The highest BCUT2D eigenvalue weighted by atomic mass is 16.2. The van der Waals surface area contributed by atoms with Crippen LogP contribution in [0.25, 0.3) is 0 Å². The Morgan fingerprint density at radius 2 is 2.53 bits per heavy atom. The molecule has 0 aromatic heterocycles. The van der Waals surface area contributed by atoms with Crippen LogP contribution in [-0.4, -0.2) is 24.4 Å². The minimum atomic E-state index is -0.259. The molecule has 0 radical (unpaired) electrons. The summed E-state index contributed by atoms with van der Waals surface area (Å²) in [5, 5.41) is 5.39. The maximum atomic E-state index is 11.6. The van der Waals surface area contributed by atoms with E-state index >= 15 is 0 Å². The monoisotopic (exact) mass is 208 g/mol. The fourth-order valence-corrected chi connectivity index (χ4v) is 1.57. The zero-order valence-electron chi connectivity index (χ0n) is 8.88. The van der Waals surface area contributed by atoms with E-state index in [1.54, 1.807) is 0 Å². The van der Waals surface area contributed by atoms with Crippen LogP contribution in [-0.2, 0) is 9.59 Å². The molecule has 2 amide bonds. The van der Waals surface area contributed by atoms with Gasteiger partial charge >= 0.3 is 0 Å². The highest BCUT2D eigenvalue weighted by Gasteiger charge is 2.28. The maximum Gasteiger partial charge on any atom is 0.226 e. The number of hydrogen-bond acceptors (Lipinski definition) is 2. The highest BCUT2D eigenvalue weighted by molar-refractivity contribution is 5.89. The SMILES string of the molecule is C#CC(CCC)NC(=O)C1CNC(=O)C1. The first-order chi connectivity index (χ1) is 7.17. The molecule has 82 valence electrons. The van der Waals surface area contributed by atoms with Crippen LogP contribution < -0.4 is 10.6 Å². The number of carbonyl (C=O) groups is 2. The molecule has 2 N–H and O–H groups in total. The van der Waals surface area contributed by atoms with Crippen molar-refractivity contribution in [2.75, 3.05) is 6.54 Å². The molecule has 1 fully saturated rings. The topological polar surface area (TPSA) is 58.2 Å². The van der Waals surface area contributed by atoms with Gasteiger partial charge in [-0.05, 0) is 6.42 Å².